The fourth-order valence-corrected chi connectivity index (χ4v) is 12.2. The third-order valence-corrected chi connectivity index (χ3v) is 14.1. The van der Waals surface area contributed by atoms with Crippen LogP contribution in [-0.4, -0.2) is 109 Å². The third-order valence-electron chi connectivity index (χ3n) is 14.1. The molecule has 2 aromatic rings. The molecule has 0 amide bonds. The summed E-state index contributed by atoms with van der Waals surface area (Å²) in [4.78, 5) is 11.2. The van der Waals surface area contributed by atoms with Gasteiger partial charge in [0.1, 0.15) is 11.6 Å². The molecule has 4 saturated heterocycles. The predicted octanol–water partition coefficient (Wildman–Crippen LogP) is 5.27. The summed E-state index contributed by atoms with van der Waals surface area (Å²) >= 11 is 0. The van der Waals surface area contributed by atoms with Crippen molar-refractivity contribution in [2.75, 3.05) is 65.7 Å². The topological polar surface area (TPSA) is 31.4 Å². The average Bonchev–Trinajstić information content (AvgIpc) is 3.23. The van der Waals surface area contributed by atoms with Crippen LogP contribution in [0.2, 0.25) is 0 Å². The number of halogens is 2. The highest BCUT2D eigenvalue weighted by molar-refractivity contribution is 5.38. The number of hydrogen-bond donors (Lipinski definition) is 0. The lowest BCUT2D eigenvalue weighted by atomic mass is 9.35. The largest absolute Gasteiger partial charge is 0.379 e. The Bertz CT molecular complexity index is 1300. The number of likely N-dealkylation sites (tertiary alicyclic amines) is 2. The maximum absolute atomic E-state index is 14.1. The summed E-state index contributed by atoms with van der Waals surface area (Å²) in [7, 11) is 0. The van der Waals surface area contributed by atoms with Crippen LogP contribution in [0.5, 0.6) is 0 Å². The van der Waals surface area contributed by atoms with Gasteiger partial charge in [0.05, 0.1) is 26.4 Å². The van der Waals surface area contributed by atoms with Crippen LogP contribution in [0.15, 0.2) is 48.5 Å². The molecule has 6 unspecified atom stereocenters. The second kappa shape index (κ2) is 11.3. The molecule has 4 aliphatic heterocycles. The van der Waals surface area contributed by atoms with Crippen molar-refractivity contribution in [2.45, 2.75) is 77.8 Å². The number of morpholine rings is 2. The molecule has 0 N–H and O–H groups in total. The summed E-state index contributed by atoms with van der Waals surface area (Å²) in [5.74, 6) is -0.343. The number of ether oxygens (including phenoxy) is 2. The molecule has 250 valence electrons. The Kier molecular flexibility index (Phi) is 7.71. The lowest BCUT2D eigenvalue weighted by Gasteiger charge is -2.69. The maximum Gasteiger partial charge on any atom is 0.123 e. The Morgan fingerprint density at radius 2 is 0.913 bits per heavy atom. The minimum absolute atomic E-state index is 0.0147. The van der Waals surface area contributed by atoms with E-state index in [1.165, 1.54) is 11.1 Å². The van der Waals surface area contributed by atoms with Gasteiger partial charge in [0.25, 0.3) is 0 Å². The summed E-state index contributed by atoms with van der Waals surface area (Å²) in [5, 5.41) is 0. The first kappa shape index (κ1) is 31.3. The van der Waals surface area contributed by atoms with E-state index in [0.29, 0.717) is 24.2 Å². The highest BCUT2D eigenvalue weighted by atomic mass is 19.1. The maximum atomic E-state index is 14.1. The van der Waals surface area contributed by atoms with Crippen molar-refractivity contribution in [2.24, 2.45) is 21.7 Å². The van der Waals surface area contributed by atoms with Gasteiger partial charge in [-0.15, -0.1) is 0 Å². The second-order valence-electron chi connectivity index (χ2n) is 16.3. The standard InChI is InChI=1S/C38H52F2N4O2/c1-35(2)31-21-34-38(26-42-15-19-46-20-16-42)36(3,4)32(44(34)24-28-7-11-30(40)12-8-28)22-33(37(35,38)25-41-13-17-45-18-14-41)43(31)23-27-5-9-29(39)10-6-27/h5-12,31-34H,13-26H2,1-4H3. The molecule has 8 heteroatoms. The molecule has 6 aliphatic rings. The molecule has 2 saturated carbocycles. The fraction of sp³-hybridized carbons (Fsp3) is 0.684. The van der Waals surface area contributed by atoms with Gasteiger partial charge in [-0.25, -0.2) is 8.78 Å². The van der Waals surface area contributed by atoms with Gasteiger partial charge in [-0.1, -0.05) is 52.0 Å². The van der Waals surface area contributed by atoms with E-state index >= 15 is 0 Å². The first-order valence-corrected chi connectivity index (χ1v) is 17.7. The number of benzene rings is 2. The molecule has 46 heavy (non-hydrogen) atoms. The molecule has 0 spiro atoms. The monoisotopic (exact) mass is 634 g/mol. The summed E-state index contributed by atoms with van der Waals surface area (Å²) in [6, 6.07) is 16.1. The van der Waals surface area contributed by atoms with Crippen molar-refractivity contribution in [1.82, 2.24) is 19.6 Å². The summed E-state index contributed by atoms with van der Waals surface area (Å²) in [5.41, 5.74) is 2.53. The zero-order valence-electron chi connectivity index (χ0n) is 28.2. The van der Waals surface area contributed by atoms with Crippen LogP contribution in [0.4, 0.5) is 8.78 Å². The normalized spacial score (nSPS) is 37.3. The number of hydrogen-bond acceptors (Lipinski definition) is 6. The van der Waals surface area contributed by atoms with Crippen molar-refractivity contribution in [3.63, 3.8) is 0 Å². The van der Waals surface area contributed by atoms with Crippen LogP contribution < -0.4 is 0 Å². The Labute approximate surface area is 274 Å². The molecule has 0 aromatic heterocycles. The van der Waals surface area contributed by atoms with Crippen molar-refractivity contribution in [3.05, 3.63) is 71.3 Å². The molecule has 6 nitrogen and oxygen atoms in total. The van der Waals surface area contributed by atoms with Gasteiger partial charge in [0.15, 0.2) is 0 Å². The van der Waals surface area contributed by atoms with E-state index in [1.807, 2.05) is 24.3 Å². The average molecular weight is 635 g/mol. The lowest BCUT2D eigenvalue weighted by molar-refractivity contribution is -0.201. The first-order chi connectivity index (χ1) is 22.1. The van der Waals surface area contributed by atoms with E-state index in [-0.39, 0.29) is 33.3 Å². The first-order valence-electron chi connectivity index (χ1n) is 17.7. The molecule has 4 bridgehead atoms. The van der Waals surface area contributed by atoms with Gasteiger partial charge in [0, 0.05) is 87.4 Å². The van der Waals surface area contributed by atoms with Gasteiger partial charge in [-0.05, 0) is 59.1 Å². The zero-order chi connectivity index (χ0) is 31.9. The van der Waals surface area contributed by atoms with E-state index in [2.05, 4.69) is 47.3 Å². The number of rotatable bonds is 8. The molecule has 4 heterocycles. The van der Waals surface area contributed by atoms with Crippen LogP contribution in [0.25, 0.3) is 0 Å². The predicted molar refractivity (Wildman–Crippen MR) is 175 cm³/mol. The van der Waals surface area contributed by atoms with Crippen molar-refractivity contribution in [3.8, 4) is 0 Å². The Balaban J connectivity index is 1.30. The molecule has 8 rings (SSSR count). The van der Waals surface area contributed by atoms with Crippen molar-refractivity contribution < 1.29 is 18.3 Å². The SMILES string of the molecule is CC1(C)C2CC3N(Cc4ccc(F)cc4)C4CC(N2Cc2ccc(F)cc2)C1(CN1CCOCC1)C3(CN1CCOCC1)C4(C)C. The summed E-state index contributed by atoms with van der Waals surface area (Å²) in [6.45, 7) is 21.4. The smallest absolute Gasteiger partial charge is 0.123 e. The van der Waals surface area contributed by atoms with Crippen LogP contribution >= 0.6 is 0 Å². The zero-order valence-corrected chi connectivity index (χ0v) is 28.2. The summed E-state index contributed by atoms with van der Waals surface area (Å²) in [6.07, 6.45) is 2.22. The third kappa shape index (κ3) is 4.39. The van der Waals surface area contributed by atoms with Crippen molar-refractivity contribution in [1.29, 1.82) is 0 Å². The van der Waals surface area contributed by atoms with E-state index in [9.17, 15) is 8.78 Å². The van der Waals surface area contributed by atoms with E-state index in [4.69, 9.17) is 9.47 Å². The van der Waals surface area contributed by atoms with Crippen LogP contribution in [0, 0.1) is 33.3 Å². The van der Waals surface area contributed by atoms with E-state index in [1.54, 1.807) is 24.3 Å². The minimum Gasteiger partial charge on any atom is -0.379 e. The molecule has 2 aliphatic carbocycles. The molecule has 6 atom stereocenters. The number of nitrogens with zero attached hydrogens (tertiary/aromatic N) is 4. The Morgan fingerprint density at radius 1 is 0.565 bits per heavy atom. The number of fused-ring (bicyclic) bond motifs is 2. The van der Waals surface area contributed by atoms with Crippen molar-refractivity contribution >= 4 is 0 Å². The highest BCUT2D eigenvalue weighted by Crippen LogP contribution is 2.80. The van der Waals surface area contributed by atoms with Gasteiger partial charge in [-0.2, -0.15) is 0 Å². The van der Waals surface area contributed by atoms with Crippen LogP contribution in [-0.2, 0) is 22.6 Å². The molecule has 0 radical (unpaired) electrons. The Hall–Kier alpha value is -1.94. The Morgan fingerprint density at radius 3 is 1.26 bits per heavy atom. The van der Waals surface area contributed by atoms with Gasteiger partial charge in [0.2, 0.25) is 0 Å². The van der Waals surface area contributed by atoms with Crippen LogP contribution in [0.3, 0.4) is 0 Å². The lowest BCUT2D eigenvalue weighted by Crippen LogP contribution is -2.75. The molecule has 6 fully saturated rings. The van der Waals surface area contributed by atoms with Gasteiger partial charge in [-0.3, -0.25) is 19.6 Å². The minimum atomic E-state index is -0.172. The fourth-order valence-electron chi connectivity index (χ4n) is 12.2. The van der Waals surface area contributed by atoms with Gasteiger partial charge >= 0.3 is 0 Å². The molecule has 2 aromatic carbocycles. The van der Waals surface area contributed by atoms with E-state index in [0.717, 1.165) is 91.6 Å². The van der Waals surface area contributed by atoms with E-state index < -0.39 is 0 Å². The quantitative estimate of drug-likeness (QED) is 0.394. The molecular formula is C38H52F2N4O2. The van der Waals surface area contributed by atoms with Gasteiger partial charge < -0.3 is 9.47 Å². The molecular weight excluding hydrogens is 582 g/mol. The second-order valence-corrected chi connectivity index (χ2v) is 16.3. The van der Waals surface area contributed by atoms with Crippen LogP contribution in [0.1, 0.15) is 51.7 Å². The highest BCUT2D eigenvalue weighted by Gasteiger charge is 2.85. The summed E-state index contributed by atoms with van der Waals surface area (Å²) < 4.78 is 39.9.